The Morgan fingerprint density at radius 1 is 1.30 bits per heavy atom. The van der Waals surface area contributed by atoms with Crippen molar-refractivity contribution in [3.8, 4) is 0 Å². The van der Waals surface area contributed by atoms with Gasteiger partial charge in [-0.3, -0.25) is 14.8 Å². The summed E-state index contributed by atoms with van der Waals surface area (Å²) in [5.41, 5.74) is 1.59. The number of aromatic nitrogens is 2. The molecular formula is C14H13N3O3. The van der Waals surface area contributed by atoms with Crippen LogP contribution < -0.4 is 5.32 Å². The van der Waals surface area contributed by atoms with Crippen molar-refractivity contribution in [2.45, 2.75) is 12.5 Å². The number of nitrogens with one attached hydrogen (secondary N) is 1. The van der Waals surface area contributed by atoms with E-state index in [2.05, 4.69) is 21.9 Å². The van der Waals surface area contributed by atoms with Crippen LogP contribution in [0.25, 0.3) is 11.0 Å². The van der Waals surface area contributed by atoms with E-state index in [1.807, 2.05) is 0 Å². The quantitative estimate of drug-likeness (QED) is 0.802. The molecule has 0 saturated carbocycles. The highest BCUT2D eigenvalue weighted by Gasteiger charge is 2.19. The molecule has 0 aliphatic heterocycles. The monoisotopic (exact) mass is 271 g/mol. The highest BCUT2D eigenvalue weighted by Crippen LogP contribution is 2.11. The summed E-state index contributed by atoms with van der Waals surface area (Å²) in [6.45, 7) is 3.47. The molecule has 1 aromatic heterocycles. The lowest BCUT2D eigenvalue weighted by molar-refractivity contribution is -0.139. The van der Waals surface area contributed by atoms with Gasteiger partial charge in [-0.05, 0) is 24.6 Å². The SMILES string of the molecule is C=CCC(NC(=O)c1ccc2nccnc2c1)C(=O)O. The molecule has 2 aromatic rings. The van der Waals surface area contributed by atoms with Gasteiger partial charge in [0.15, 0.2) is 0 Å². The zero-order chi connectivity index (χ0) is 14.5. The molecule has 0 saturated heterocycles. The highest BCUT2D eigenvalue weighted by molar-refractivity contribution is 5.99. The molecule has 0 aliphatic carbocycles. The van der Waals surface area contributed by atoms with Crippen molar-refractivity contribution < 1.29 is 14.7 Å². The fourth-order valence-corrected chi connectivity index (χ4v) is 1.73. The van der Waals surface area contributed by atoms with Gasteiger partial charge < -0.3 is 10.4 Å². The van der Waals surface area contributed by atoms with E-state index < -0.39 is 17.9 Å². The Balaban J connectivity index is 2.22. The first-order valence-corrected chi connectivity index (χ1v) is 5.97. The van der Waals surface area contributed by atoms with Crippen molar-refractivity contribution in [3.63, 3.8) is 0 Å². The Kier molecular flexibility index (Phi) is 4.05. The van der Waals surface area contributed by atoms with E-state index in [0.717, 1.165) is 0 Å². The molecule has 20 heavy (non-hydrogen) atoms. The molecule has 1 aromatic carbocycles. The molecule has 1 heterocycles. The van der Waals surface area contributed by atoms with E-state index in [1.165, 1.54) is 12.3 Å². The van der Waals surface area contributed by atoms with Crippen LogP contribution >= 0.6 is 0 Å². The molecule has 1 atom stereocenters. The zero-order valence-corrected chi connectivity index (χ0v) is 10.6. The van der Waals surface area contributed by atoms with E-state index >= 15 is 0 Å². The minimum atomic E-state index is -1.10. The molecule has 0 spiro atoms. The molecule has 0 fully saturated rings. The first kappa shape index (κ1) is 13.7. The Morgan fingerprint density at radius 2 is 2.00 bits per heavy atom. The smallest absolute Gasteiger partial charge is 0.326 e. The number of carbonyl (C=O) groups is 2. The number of amides is 1. The van der Waals surface area contributed by atoms with Crippen LogP contribution in [0.5, 0.6) is 0 Å². The molecular weight excluding hydrogens is 258 g/mol. The lowest BCUT2D eigenvalue weighted by Crippen LogP contribution is -2.40. The third kappa shape index (κ3) is 2.97. The topological polar surface area (TPSA) is 92.2 Å². The summed E-state index contributed by atoms with van der Waals surface area (Å²) in [5, 5.41) is 11.4. The van der Waals surface area contributed by atoms with Crippen LogP contribution in [0.2, 0.25) is 0 Å². The standard InChI is InChI=1S/C14H13N3O3/c1-2-3-11(14(19)20)17-13(18)9-4-5-10-12(8-9)16-7-6-15-10/h2,4-8,11H,1,3H2,(H,17,18)(H,19,20). The Labute approximate surface area is 115 Å². The van der Waals surface area contributed by atoms with Gasteiger partial charge in [0.25, 0.3) is 5.91 Å². The normalized spacial score (nSPS) is 11.8. The maximum absolute atomic E-state index is 12.0. The summed E-state index contributed by atoms with van der Waals surface area (Å²) in [4.78, 5) is 31.2. The van der Waals surface area contributed by atoms with E-state index in [4.69, 9.17) is 5.11 Å². The second kappa shape index (κ2) is 5.92. The summed E-state index contributed by atoms with van der Waals surface area (Å²) in [6.07, 6.45) is 4.70. The lowest BCUT2D eigenvalue weighted by atomic mass is 10.1. The minimum Gasteiger partial charge on any atom is -0.480 e. The van der Waals surface area contributed by atoms with Crippen LogP contribution in [-0.2, 0) is 4.79 Å². The van der Waals surface area contributed by atoms with Gasteiger partial charge in [-0.25, -0.2) is 4.79 Å². The van der Waals surface area contributed by atoms with Gasteiger partial charge in [0.05, 0.1) is 11.0 Å². The number of rotatable bonds is 5. The highest BCUT2D eigenvalue weighted by atomic mass is 16.4. The number of hydrogen-bond donors (Lipinski definition) is 2. The molecule has 102 valence electrons. The van der Waals surface area contributed by atoms with Gasteiger partial charge in [-0.1, -0.05) is 6.08 Å². The van der Waals surface area contributed by atoms with Crippen LogP contribution in [0.1, 0.15) is 16.8 Å². The molecule has 6 heteroatoms. The van der Waals surface area contributed by atoms with Crippen LogP contribution in [0.3, 0.4) is 0 Å². The van der Waals surface area contributed by atoms with E-state index in [-0.39, 0.29) is 6.42 Å². The van der Waals surface area contributed by atoms with Gasteiger partial charge in [-0.2, -0.15) is 0 Å². The number of benzene rings is 1. The summed E-state index contributed by atoms with van der Waals surface area (Å²) >= 11 is 0. The Bertz CT molecular complexity index is 670. The second-order valence-electron chi connectivity index (χ2n) is 4.15. The molecule has 6 nitrogen and oxygen atoms in total. The first-order valence-electron chi connectivity index (χ1n) is 5.97. The third-order valence-corrected chi connectivity index (χ3v) is 2.74. The third-order valence-electron chi connectivity index (χ3n) is 2.74. The second-order valence-corrected chi connectivity index (χ2v) is 4.15. The number of carbonyl (C=O) groups excluding carboxylic acids is 1. The van der Waals surface area contributed by atoms with Gasteiger partial charge in [0, 0.05) is 18.0 Å². The van der Waals surface area contributed by atoms with E-state index in [9.17, 15) is 9.59 Å². The van der Waals surface area contributed by atoms with E-state index in [0.29, 0.717) is 16.6 Å². The average Bonchev–Trinajstić information content (AvgIpc) is 2.46. The van der Waals surface area contributed by atoms with Crippen LogP contribution in [0.4, 0.5) is 0 Å². The average molecular weight is 271 g/mol. The molecule has 0 bridgehead atoms. The number of nitrogens with zero attached hydrogens (tertiary/aromatic N) is 2. The minimum absolute atomic E-state index is 0.161. The molecule has 0 aliphatic rings. The van der Waals surface area contributed by atoms with Crippen molar-refractivity contribution >= 4 is 22.9 Å². The number of carboxylic acid groups (broad SMARTS) is 1. The molecule has 1 unspecified atom stereocenters. The van der Waals surface area contributed by atoms with Crippen molar-refractivity contribution in [3.05, 3.63) is 48.8 Å². The Hall–Kier alpha value is -2.76. The number of aliphatic carboxylic acids is 1. The maximum Gasteiger partial charge on any atom is 0.326 e. The zero-order valence-electron chi connectivity index (χ0n) is 10.6. The summed E-state index contributed by atoms with van der Waals surface area (Å²) in [7, 11) is 0. The summed E-state index contributed by atoms with van der Waals surface area (Å²) < 4.78 is 0. The van der Waals surface area contributed by atoms with Crippen molar-refractivity contribution in [2.75, 3.05) is 0 Å². The predicted molar refractivity (Wildman–Crippen MR) is 73.2 cm³/mol. The largest absolute Gasteiger partial charge is 0.480 e. The molecule has 0 radical (unpaired) electrons. The Morgan fingerprint density at radius 3 is 2.65 bits per heavy atom. The summed E-state index contributed by atoms with van der Waals surface area (Å²) in [5.74, 6) is -1.56. The van der Waals surface area contributed by atoms with Crippen LogP contribution in [0.15, 0.2) is 43.2 Å². The van der Waals surface area contributed by atoms with E-state index in [1.54, 1.807) is 24.4 Å². The molecule has 1 amide bonds. The van der Waals surface area contributed by atoms with Gasteiger partial charge >= 0.3 is 5.97 Å². The van der Waals surface area contributed by atoms with Crippen molar-refractivity contribution in [1.82, 2.24) is 15.3 Å². The summed E-state index contributed by atoms with van der Waals surface area (Å²) in [6, 6.07) is 3.84. The van der Waals surface area contributed by atoms with Crippen LogP contribution in [-0.4, -0.2) is 33.0 Å². The lowest BCUT2D eigenvalue weighted by Gasteiger charge is -2.12. The number of carboxylic acids is 1. The maximum atomic E-state index is 12.0. The molecule has 2 rings (SSSR count). The van der Waals surface area contributed by atoms with Gasteiger partial charge in [0.2, 0.25) is 0 Å². The van der Waals surface area contributed by atoms with Gasteiger partial charge in [0.1, 0.15) is 6.04 Å². The number of hydrogen-bond acceptors (Lipinski definition) is 4. The fourth-order valence-electron chi connectivity index (χ4n) is 1.73. The number of fused-ring (bicyclic) bond motifs is 1. The molecule has 2 N–H and O–H groups in total. The van der Waals surface area contributed by atoms with Crippen molar-refractivity contribution in [2.24, 2.45) is 0 Å². The predicted octanol–water partition coefficient (Wildman–Crippen LogP) is 1.39. The van der Waals surface area contributed by atoms with Gasteiger partial charge in [-0.15, -0.1) is 6.58 Å². The first-order chi connectivity index (χ1) is 9.61. The van der Waals surface area contributed by atoms with Crippen LogP contribution in [0, 0.1) is 0 Å². The van der Waals surface area contributed by atoms with Crippen molar-refractivity contribution in [1.29, 1.82) is 0 Å². The fraction of sp³-hybridized carbons (Fsp3) is 0.143.